The molecule has 1 aromatic heterocycles. The van der Waals surface area contributed by atoms with Crippen LogP contribution in [0.5, 0.6) is 5.75 Å². The summed E-state index contributed by atoms with van der Waals surface area (Å²) >= 11 is 1.38. The smallest absolute Gasteiger partial charge is 0.257 e. The second kappa shape index (κ2) is 26.5. The van der Waals surface area contributed by atoms with E-state index in [4.69, 9.17) is 9.47 Å². The standard InChI is InChI=1S/C53H68F2N8O7S/c1-35(56-2)49(65)60-46(38-21-12-7-13-22-38)52(68)63-28-16-23-42(63)50(66)61-47(44(36-17-8-5-9-18-36)37-19-10-6-11-20-37)51(67)58-27-15-4-3-14-26-57-43(64)33-70-48-39(24-25-40(54)45(48)55)41-34-71-53(59-41)62-29-31-69-32-30-62/h5-6,8-11,17-20,24-25,34-35,38,42,44,46-47,56H,3-4,7,12-16,21-23,26-33H2,1-2H3,(H,57,64)(H,58,67)(H,60,65)(H,61,66). The number of rotatable bonds is 23. The first-order chi connectivity index (χ1) is 34.5. The van der Waals surface area contributed by atoms with Gasteiger partial charge in [-0.25, -0.2) is 9.37 Å². The van der Waals surface area contributed by atoms with Gasteiger partial charge in [-0.15, -0.1) is 11.3 Å². The second-order valence-electron chi connectivity index (χ2n) is 18.6. The maximum absolute atomic E-state index is 15.0. The van der Waals surface area contributed by atoms with E-state index in [1.54, 1.807) is 24.3 Å². The highest BCUT2D eigenvalue weighted by Crippen LogP contribution is 2.37. The van der Waals surface area contributed by atoms with Gasteiger partial charge in [0.1, 0.15) is 18.1 Å². The van der Waals surface area contributed by atoms with Crippen molar-refractivity contribution in [3.63, 3.8) is 0 Å². The van der Waals surface area contributed by atoms with E-state index in [2.05, 4.69) is 36.5 Å². The molecule has 4 aromatic rings. The Morgan fingerprint density at radius 2 is 1.45 bits per heavy atom. The molecule has 4 atom stereocenters. The highest BCUT2D eigenvalue weighted by Gasteiger charge is 2.43. The average Bonchev–Trinajstić information content (AvgIpc) is 4.11. The third kappa shape index (κ3) is 14.1. The number of likely N-dealkylation sites (N-methyl/N-ethyl adjacent to an activating group) is 1. The predicted molar refractivity (Wildman–Crippen MR) is 269 cm³/mol. The normalized spacial score (nSPS) is 17.6. The van der Waals surface area contributed by atoms with Gasteiger partial charge in [-0.05, 0) is 81.7 Å². The van der Waals surface area contributed by atoms with Crippen LogP contribution in [-0.2, 0) is 28.7 Å². The fraction of sp³-hybridized carbons (Fsp3) is 0.509. The highest BCUT2D eigenvalue weighted by atomic mass is 32.1. The van der Waals surface area contributed by atoms with Crippen LogP contribution in [0.4, 0.5) is 13.9 Å². The quantitative estimate of drug-likeness (QED) is 0.0547. The Kier molecular flexibility index (Phi) is 19.7. The number of amides is 5. The predicted octanol–water partition coefficient (Wildman–Crippen LogP) is 6.08. The van der Waals surface area contributed by atoms with Gasteiger partial charge < -0.3 is 45.9 Å². The Hall–Kier alpha value is -5.98. The molecule has 5 N–H and O–H groups in total. The summed E-state index contributed by atoms with van der Waals surface area (Å²) in [5.41, 5.74) is 2.34. The topological polar surface area (TPSA) is 183 Å². The highest BCUT2D eigenvalue weighted by molar-refractivity contribution is 7.14. The summed E-state index contributed by atoms with van der Waals surface area (Å²) in [6.45, 7) is 4.75. The van der Waals surface area contributed by atoms with Gasteiger partial charge in [-0.3, -0.25) is 24.0 Å². The fourth-order valence-electron chi connectivity index (χ4n) is 9.69. The van der Waals surface area contributed by atoms with Crippen LogP contribution in [0.25, 0.3) is 11.3 Å². The lowest BCUT2D eigenvalue weighted by molar-refractivity contribution is -0.143. The first kappa shape index (κ1) is 52.8. The summed E-state index contributed by atoms with van der Waals surface area (Å²) < 4.78 is 40.4. The molecule has 4 unspecified atom stereocenters. The van der Waals surface area contributed by atoms with Crippen molar-refractivity contribution in [2.75, 3.05) is 64.5 Å². The summed E-state index contributed by atoms with van der Waals surface area (Å²) in [6.07, 6.45) is 8.40. The van der Waals surface area contributed by atoms with Crippen LogP contribution in [0.2, 0.25) is 0 Å². The van der Waals surface area contributed by atoms with E-state index < -0.39 is 60.1 Å². The number of unbranched alkanes of at least 4 members (excludes halogenated alkanes) is 3. The lowest BCUT2D eigenvalue weighted by Crippen LogP contribution is -2.59. The summed E-state index contributed by atoms with van der Waals surface area (Å²) in [6, 6.07) is 18.4. The third-order valence-corrected chi connectivity index (χ3v) is 14.7. The molecule has 7 rings (SSSR count). The van der Waals surface area contributed by atoms with Crippen molar-refractivity contribution in [3.8, 4) is 17.0 Å². The molecule has 2 saturated heterocycles. The van der Waals surface area contributed by atoms with E-state index in [1.807, 2.05) is 60.7 Å². The number of likely N-dealkylation sites (tertiary alicyclic amines) is 1. The number of nitrogens with one attached hydrogen (secondary N) is 5. The first-order valence-electron chi connectivity index (χ1n) is 25.2. The molecule has 3 aromatic carbocycles. The van der Waals surface area contributed by atoms with Crippen molar-refractivity contribution in [3.05, 3.63) is 101 Å². The number of anilines is 1. The molecule has 1 aliphatic carbocycles. The third-order valence-electron chi connectivity index (χ3n) is 13.8. The van der Waals surface area contributed by atoms with Crippen molar-refractivity contribution >= 4 is 46.0 Å². The molecule has 3 heterocycles. The lowest BCUT2D eigenvalue weighted by Gasteiger charge is -2.36. The molecule has 0 bridgehead atoms. The minimum absolute atomic E-state index is 0.0364. The van der Waals surface area contributed by atoms with Gasteiger partial charge in [-0.2, -0.15) is 4.39 Å². The Labute approximate surface area is 419 Å². The molecule has 2 aliphatic heterocycles. The van der Waals surface area contributed by atoms with E-state index in [-0.39, 0.29) is 35.0 Å². The molecule has 71 heavy (non-hydrogen) atoms. The van der Waals surface area contributed by atoms with Crippen LogP contribution in [0.1, 0.15) is 94.6 Å². The summed E-state index contributed by atoms with van der Waals surface area (Å²) in [7, 11) is 1.70. The Morgan fingerprint density at radius 1 is 0.789 bits per heavy atom. The lowest BCUT2D eigenvalue weighted by atomic mass is 9.83. The van der Waals surface area contributed by atoms with Crippen LogP contribution in [0.15, 0.2) is 78.2 Å². The zero-order chi connectivity index (χ0) is 50.1. The van der Waals surface area contributed by atoms with Gasteiger partial charge in [0, 0.05) is 49.6 Å². The number of morpholine rings is 1. The summed E-state index contributed by atoms with van der Waals surface area (Å²) in [4.78, 5) is 77.7. The van der Waals surface area contributed by atoms with E-state index >= 15 is 4.39 Å². The number of halogens is 2. The maximum atomic E-state index is 15.0. The first-order valence-corrected chi connectivity index (χ1v) is 26.0. The van der Waals surface area contributed by atoms with Gasteiger partial charge in [0.25, 0.3) is 5.91 Å². The molecule has 1 saturated carbocycles. The van der Waals surface area contributed by atoms with Gasteiger partial charge in [0.05, 0.1) is 24.9 Å². The number of carbonyl (C=O) groups excluding carboxylic acids is 5. The van der Waals surface area contributed by atoms with Crippen LogP contribution in [0, 0.1) is 17.6 Å². The van der Waals surface area contributed by atoms with E-state index in [0.717, 1.165) is 67.3 Å². The minimum atomic E-state index is -1.19. The number of carbonyl (C=O) groups is 5. The molecule has 0 spiro atoms. The summed E-state index contributed by atoms with van der Waals surface area (Å²) in [5, 5.41) is 17.4. The van der Waals surface area contributed by atoms with Crippen molar-refractivity contribution in [1.29, 1.82) is 0 Å². The van der Waals surface area contributed by atoms with Crippen molar-refractivity contribution in [1.82, 2.24) is 36.5 Å². The van der Waals surface area contributed by atoms with E-state index in [1.165, 1.54) is 17.4 Å². The van der Waals surface area contributed by atoms with Crippen molar-refractivity contribution in [2.45, 2.75) is 108 Å². The van der Waals surface area contributed by atoms with Gasteiger partial charge in [-0.1, -0.05) is 92.8 Å². The maximum Gasteiger partial charge on any atom is 0.257 e. The molecular weight excluding hydrogens is 931 g/mol. The number of benzene rings is 3. The molecule has 18 heteroatoms. The van der Waals surface area contributed by atoms with Crippen LogP contribution >= 0.6 is 11.3 Å². The number of hydrogen-bond donors (Lipinski definition) is 5. The van der Waals surface area contributed by atoms with Crippen LogP contribution < -0.4 is 36.2 Å². The Morgan fingerprint density at radius 3 is 2.11 bits per heavy atom. The van der Waals surface area contributed by atoms with Crippen LogP contribution in [0.3, 0.4) is 0 Å². The van der Waals surface area contributed by atoms with Crippen LogP contribution in [-0.4, -0.2) is 123 Å². The molecule has 0 radical (unpaired) electrons. The second-order valence-corrected chi connectivity index (χ2v) is 19.4. The summed E-state index contributed by atoms with van der Waals surface area (Å²) in [5.74, 6) is -5.05. The molecule has 15 nitrogen and oxygen atoms in total. The Balaban J connectivity index is 0.931. The molecule has 3 aliphatic rings. The molecule has 382 valence electrons. The van der Waals surface area contributed by atoms with E-state index in [9.17, 15) is 28.4 Å². The monoisotopic (exact) mass is 998 g/mol. The zero-order valence-electron chi connectivity index (χ0n) is 40.8. The SMILES string of the molecule is CNC(C)C(=O)NC(C(=O)N1CCCC1C(=O)NC(C(=O)NCCCCCCNC(=O)COc1c(-c2csc(N3CCOCC3)n2)ccc(F)c1F)C(c1ccccc1)c1ccccc1)C1CCCCC1. The zero-order valence-corrected chi connectivity index (χ0v) is 41.6. The number of nitrogens with zero attached hydrogens (tertiary/aromatic N) is 3. The average molecular weight is 999 g/mol. The molecule has 5 amide bonds. The van der Waals surface area contributed by atoms with Gasteiger partial charge in [0.15, 0.2) is 23.3 Å². The largest absolute Gasteiger partial charge is 0.480 e. The van der Waals surface area contributed by atoms with Gasteiger partial charge in [0.2, 0.25) is 29.4 Å². The molecular formula is C53H68F2N8O7S. The number of aromatic nitrogens is 1. The number of ether oxygens (including phenoxy) is 2. The Bertz CT molecular complexity index is 2340. The van der Waals surface area contributed by atoms with Crippen molar-refractivity contribution < 1.29 is 42.2 Å². The van der Waals surface area contributed by atoms with E-state index in [0.29, 0.717) is 77.3 Å². The van der Waals surface area contributed by atoms with Gasteiger partial charge >= 0.3 is 0 Å². The fourth-order valence-corrected chi connectivity index (χ4v) is 10.6. The minimum Gasteiger partial charge on any atom is -0.480 e. The van der Waals surface area contributed by atoms with Crippen molar-refractivity contribution in [2.24, 2.45) is 5.92 Å². The molecule has 3 fully saturated rings. The number of hydrogen-bond acceptors (Lipinski definition) is 11. The number of thiazole rings is 1.